The smallest absolute Gasteiger partial charge is 0.279 e. The first-order valence-electron chi connectivity index (χ1n) is 6.88. The molecule has 0 aromatic rings. The van der Waals surface area contributed by atoms with Crippen LogP contribution in [0.1, 0.15) is 39.5 Å². The van der Waals surface area contributed by atoms with Crippen LogP contribution in [0, 0.1) is 5.92 Å². The van der Waals surface area contributed by atoms with Gasteiger partial charge in [-0.1, -0.05) is 6.92 Å². The van der Waals surface area contributed by atoms with Crippen molar-refractivity contribution in [2.45, 2.75) is 51.7 Å². The molecule has 0 saturated carbocycles. The average molecular weight is 276 g/mol. The van der Waals surface area contributed by atoms with E-state index in [1.165, 1.54) is 0 Å². The van der Waals surface area contributed by atoms with Crippen molar-refractivity contribution < 1.29 is 13.2 Å². The molecular weight excluding hydrogens is 252 g/mol. The maximum absolute atomic E-state index is 12.2. The molecule has 2 rings (SSSR count). The van der Waals surface area contributed by atoms with E-state index in [1.807, 2.05) is 6.92 Å². The van der Waals surface area contributed by atoms with Gasteiger partial charge in [-0.05, 0) is 38.5 Å². The highest BCUT2D eigenvalue weighted by Crippen LogP contribution is 2.20. The zero-order chi connectivity index (χ0) is 13.2. The summed E-state index contributed by atoms with van der Waals surface area (Å²) in [7, 11) is -3.34. The lowest BCUT2D eigenvalue weighted by atomic mass is 10.0. The minimum absolute atomic E-state index is 0.0310. The van der Waals surface area contributed by atoms with Crippen molar-refractivity contribution in [2.75, 3.05) is 19.7 Å². The van der Waals surface area contributed by atoms with Gasteiger partial charge in [0.25, 0.3) is 10.2 Å². The molecule has 2 saturated heterocycles. The minimum atomic E-state index is -3.34. The van der Waals surface area contributed by atoms with Crippen LogP contribution in [-0.2, 0) is 14.9 Å². The highest BCUT2D eigenvalue weighted by atomic mass is 32.2. The van der Waals surface area contributed by atoms with E-state index in [0.717, 1.165) is 32.3 Å². The van der Waals surface area contributed by atoms with Crippen LogP contribution in [0.25, 0.3) is 0 Å². The molecule has 0 bridgehead atoms. The van der Waals surface area contributed by atoms with Gasteiger partial charge in [0.15, 0.2) is 0 Å². The maximum Gasteiger partial charge on any atom is 0.279 e. The molecule has 106 valence electrons. The summed E-state index contributed by atoms with van der Waals surface area (Å²) in [5, 5.41) is 0. The number of piperidine rings is 1. The summed E-state index contributed by atoms with van der Waals surface area (Å²) >= 11 is 0. The van der Waals surface area contributed by atoms with Gasteiger partial charge in [-0.2, -0.15) is 17.4 Å². The predicted octanol–water partition coefficient (Wildman–Crippen LogP) is 1.12. The second-order valence-electron chi connectivity index (χ2n) is 5.54. The second kappa shape index (κ2) is 5.86. The fraction of sp³-hybridized carbons (Fsp3) is 1.00. The number of hydrogen-bond donors (Lipinski definition) is 1. The standard InChI is InChI=1S/C12H24N2O3S/c1-10-5-7-14(8-6-10)18(15,16)13-11(2)12-4-3-9-17-12/h10-13H,3-9H2,1-2H3. The Morgan fingerprint density at radius 3 is 2.50 bits per heavy atom. The van der Waals surface area contributed by atoms with Gasteiger partial charge in [-0.15, -0.1) is 0 Å². The van der Waals surface area contributed by atoms with Crippen LogP contribution in [0.3, 0.4) is 0 Å². The molecule has 6 heteroatoms. The van der Waals surface area contributed by atoms with Crippen molar-refractivity contribution in [1.29, 1.82) is 0 Å². The molecule has 2 unspecified atom stereocenters. The van der Waals surface area contributed by atoms with Crippen molar-refractivity contribution in [3.05, 3.63) is 0 Å². The topological polar surface area (TPSA) is 58.6 Å². The average Bonchev–Trinajstić information content (AvgIpc) is 2.82. The monoisotopic (exact) mass is 276 g/mol. The van der Waals surface area contributed by atoms with Gasteiger partial charge >= 0.3 is 0 Å². The van der Waals surface area contributed by atoms with Gasteiger partial charge < -0.3 is 4.74 Å². The van der Waals surface area contributed by atoms with Gasteiger partial charge in [-0.3, -0.25) is 0 Å². The van der Waals surface area contributed by atoms with Crippen molar-refractivity contribution in [1.82, 2.24) is 9.03 Å². The van der Waals surface area contributed by atoms with E-state index in [0.29, 0.717) is 19.0 Å². The van der Waals surface area contributed by atoms with Crippen molar-refractivity contribution in [3.63, 3.8) is 0 Å². The Bertz CT molecular complexity index is 358. The van der Waals surface area contributed by atoms with Crippen molar-refractivity contribution >= 4 is 10.2 Å². The molecule has 2 heterocycles. The fourth-order valence-corrected chi connectivity index (χ4v) is 4.07. The first kappa shape index (κ1) is 14.2. The van der Waals surface area contributed by atoms with Crippen LogP contribution in [0.4, 0.5) is 0 Å². The van der Waals surface area contributed by atoms with Gasteiger partial charge in [-0.25, -0.2) is 0 Å². The minimum Gasteiger partial charge on any atom is -0.377 e. The first-order chi connectivity index (χ1) is 8.49. The third kappa shape index (κ3) is 3.44. The quantitative estimate of drug-likeness (QED) is 0.837. The normalized spacial score (nSPS) is 29.6. The summed E-state index contributed by atoms with van der Waals surface area (Å²) in [6.07, 6.45) is 3.91. The van der Waals surface area contributed by atoms with E-state index in [1.54, 1.807) is 4.31 Å². The summed E-state index contributed by atoms with van der Waals surface area (Å²) in [4.78, 5) is 0. The molecule has 2 fully saturated rings. The summed E-state index contributed by atoms with van der Waals surface area (Å²) in [5.41, 5.74) is 0. The largest absolute Gasteiger partial charge is 0.377 e. The Morgan fingerprint density at radius 2 is 1.94 bits per heavy atom. The Balaban J connectivity index is 1.90. The predicted molar refractivity (Wildman–Crippen MR) is 70.5 cm³/mol. The first-order valence-corrected chi connectivity index (χ1v) is 8.32. The molecule has 1 N–H and O–H groups in total. The van der Waals surface area contributed by atoms with Crippen LogP contribution in [0.15, 0.2) is 0 Å². The lowest BCUT2D eigenvalue weighted by Gasteiger charge is -2.31. The van der Waals surface area contributed by atoms with E-state index in [4.69, 9.17) is 4.74 Å². The summed E-state index contributed by atoms with van der Waals surface area (Å²) in [6, 6.07) is -0.142. The molecule has 0 aromatic carbocycles. The lowest BCUT2D eigenvalue weighted by Crippen LogP contribution is -2.50. The third-order valence-electron chi connectivity index (χ3n) is 3.94. The molecule has 5 nitrogen and oxygen atoms in total. The molecule has 0 aromatic heterocycles. The zero-order valence-electron chi connectivity index (χ0n) is 11.3. The molecule has 2 atom stereocenters. The number of hydrogen-bond acceptors (Lipinski definition) is 3. The highest BCUT2D eigenvalue weighted by Gasteiger charge is 2.31. The summed E-state index contributed by atoms with van der Waals surface area (Å²) in [5.74, 6) is 0.632. The van der Waals surface area contributed by atoms with Crippen LogP contribution in [-0.4, -0.2) is 44.6 Å². The Labute approximate surface area is 110 Å². The number of nitrogens with zero attached hydrogens (tertiary/aromatic N) is 1. The molecule has 18 heavy (non-hydrogen) atoms. The highest BCUT2D eigenvalue weighted by molar-refractivity contribution is 7.87. The van der Waals surface area contributed by atoms with Crippen LogP contribution < -0.4 is 4.72 Å². The van der Waals surface area contributed by atoms with Crippen LogP contribution in [0.5, 0.6) is 0 Å². The number of rotatable bonds is 4. The third-order valence-corrected chi connectivity index (χ3v) is 5.65. The lowest BCUT2D eigenvalue weighted by molar-refractivity contribution is 0.0894. The van der Waals surface area contributed by atoms with E-state index < -0.39 is 10.2 Å². The van der Waals surface area contributed by atoms with Gasteiger partial charge in [0, 0.05) is 25.7 Å². The summed E-state index contributed by atoms with van der Waals surface area (Å²) < 4.78 is 34.3. The molecule has 2 aliphatic rings. The molecule has 2 aliphatic heterocycles. The Morgan fingerprint density at radius 1 is 1.28 bits per heavy atom. The van der Waals surface area contributed by atoms with Crippen molar-refractivity contribution in [3.8, 4) is 0 Å². The molecule has 0 aliphatic carbocycles. The van der Waals surface area contributed by atoms with Gasteiger partial charge in [0.1, 0.15) is 0 Å². The van der Waals surface area contributed by atoms with Crippen molar-refractivity contribution in [2.24, 2.45) is 5.92 Å². The molecule has 0 radical (unpaired) electrons. The summed E-state index contributed by atoms with van der Waals surface area (Å²) in [6.45, 7) is 6.08. The SMILES string of the molecule is CC1CCN(S(=O)(=O)NC(C)C2CCCO2)CC1. The Kier molecular flexibility index (Phi) is 4.64. The van der Waals surface area contributed by atoms with Gasteiger partial charge in [0.05, 0.1) is 6.10 Å². The maximum atomic E-state index is 12.2. The van der Waals surface area contributed by atoms with E-state index in [2.05, 4.69) is 11.6 Å². The number of nitrogens with one attached hydrogen (secondary N) is 1. The fourth-order valence-electron chi connectivity index (χ4n) is 2.61. The zero-order valence-corrected chi connectivity index (χ0v) is 12.1. The van der Waals surface area contributed by atoms with E-state index >= 15 is 0 Å². The van der Waals surface area contributed by atoms with Crippen LogP contribution >= 0.6 is 0 Å². The molecule has 0 spiro atoms. The van der Waals surface area contributed by atoms with Gasteiger partial charge in [0.2, 0.25) is 0 Å². The molecular formula is C12H24N2O3S. The Hall–Kier alpha value is -0.170. The van der Waals surface area contributed by atoms with E-state index in [9.17, 15) is 8.42 Å². The van der Waals surface area contributed by atoms with E-state index in [-0.39, 0.29) is 12.1 Å². The second-order valence-corrected chi connectivity index (χ2v) is 7.25. The number of ether oxygens (including phenoxy) is 1. The van der Waals surface area contributed by atoms with Crippen LogP contribution in [0.2, 0.25) is 0 Å². The molecule has 0 amide bonds.